The van der Waals surface area contributed by atoms with Crippen LogP contribution in [0.3, 0.4) is 0 Å². The van der Waals surface area contributed by atoms with E-state index in [0.717, 1.165) is 29.5 Å². The van der Waals surface area contributed by atoms with E-state index < -0.39 is 5.41 Å². The molecule has 23 heavy (non-hydrogen) atoms. The lowest BCUT2D eigenvalue weighted by molar-refractivity contribution is 0.0731. The third kappa shape index (κ3) is 2.57. The lowest BCUT2D eigenvalue weighted by Crippen LogP contribution is -2.40. The Morgan fingerprint density at radius 2 is 1.74 bits per heavy atom. The Labute approximate surface area is 138 Å². The Hall–Kier alpha value is -2.41. The summed E-state index contributed by atoms with van der Waals surface area (Å²) in [4.78, 5) is 13.4. The molecule has 0 radical (unpaired) electrons. The zero-order valence-electron chi connectivity index (χ0n) is 13.4. The number of hydrogen-bond donors (Lipinski definition) is 0. The van der Waals surface area contributed by atoms with Gasteiger partial charge in [0.15, 0.2) is 5.78 Å². The third-order valence-corrected chi connectivity index (χ3v) is 5.05. The Morgan fingerprint density at radius 3 is 2.43 bits per heavy atom. The Kier molecular flexibility index (Phi) is 4.29. The minimum absolute atomic E-state index is 0.00237. The number of allylic oxidation sites excluding steroid dienone is 2. The molecule has 0 spiro atoms. The van der Waals surface area contributed by atoms with Gasteiger partial charge in [-0.2, -0.15) is 0 Å². The third-order valence-electron chi connectivity index (χ3n) is 5.05. The lowest BCUT2D eigenvalue weighted by Gasteiger charge is -2.41. The molecule has 0 aromatic heterocycles. The van der Waals surface area contributed by atoms with Gasteiger partial charge < -0.3 is 0 Å². The molecule has 0 fully saturated rings. The van der Waals surface area contributed by atoms with Gasteiger partial charge in [-0.05, 0) is 30.4 Å². The molecule has 0 N–H and O–H groups in total. The zero-order valence-corrected chi connectivity index (χ0v) is 13.4. The van der Waals surface area contributed by atoms with Crippen molar-refractivity contribution in [3.63, 3.8) is 0 Å². The first-order valence-electron chi connectivity index (χ1n) is 8.14. The first-order valence-corrected chi connectivity index (χ1v) is 8.14. The van der Waals surface area contributed by atoms with Crippen molar-refractivity contribution in [2.24, 2.45) is 5.41 Å². The Morgan fingerprint density at radius 1 is 1.04 bits per heavy atom. The zero-order chi connectivity index (χ0) is 16.3. The molecule has 2 atom stereocenters. The second kappa shape index (κ2) is 6.37. The van der Waals surface area contributed by atoms with Crippen LogP contribution in [-0.2, 0) is 6.42 Å². The van der Waals surface area contributed by atoms with Crippen LogP contribution < -0.4 is 0 Å². The molecule has 1 heteroatoms. The normalized spacial score (nSPS) is 21.3. The van der Waals surface area contributed by atoms with Crippen LogP contribution in [0, 0.1) is 5.41 Å². The minimum atomic E-state index is -0.473. The van der Waals surface area contributed by atoms with Gasteiger partial charge in [0.05, 0.1) is 0 Å². The number of carbonyl (C=O) groups excluding carboxylic acids is 1. The van der Waals surface area contributed by atoms with Crippen molar-refractivity contribution in [1.82, 2.24) is 0 Å². The topological polar surface area (TPSA) is 17.1 Å². The fourth-order valence-electron chi connectivity index (χ4n) is 3.92. The Bertz CT molecular complexity index is 729. The van der Waals surface area contributed by atoms with Crippen molar-refractivity contribution in [3.05, 3.63) is 96.6 Å². The second-order valence-electron chi connectivity index (χ2n) is 6.26. The number of fused-ring (bicyclic) bond motifs is 1. The summed E-state index contributed by atoms with van der Waals surface area (Å²) in [5, 5.41) is 0. The van der Waals surface area contributed by atoms with Crippen LogP contribution >= 0.6 is 0 Å². The largest absolute Gasteiger partial charge is 0.293 e. The molecule has 1 nitrogen and oxygen atoms in total. The monoisotopic (exact) mass is 302 g/mol. The van der Waals surface area contributed by atoms with E-state index in [1.807, 2.05) is 48.6 Å². The first-order chi connectivity index (χ1) is 11.2. The van der Waals surface area contributed by atoms with Crippen molar-refractivity contribution in [3.8, 4) is 0 Å². The van der Waals surface area contributed by atoms with E-state index in [-0.39, 0.29) is 11.7 Å². The highest BCUT2D eigenvalue weighted by Gasteiger charge is 2.46. The molecule has 0 aliphatic heterocycles. The highest BCUT2D eigenvalue weighted by molar-refractivity contribution is 6.03. The van der Waals surface area contributed by atoms with Crippen LogP contribution in [0.1, 0.15) is 40.2 Å². The van der Waals surface area contributed by atoms with E-state index in [0.29, 0.717) is 6.42 Å². The molecular weight excluding hydrogens is 280 g/mol. The van der Waals surface area contributed by atoms with E-state index in [4.69, 9.17) is 0 Å². The fourth-order valence-corrected chi connectivity index (χ4v) is 3.92. The second-order valence-corrected chi connectivity index (χ2v) is 6.26. The first kappa shape index (κ1) is 15.5. The average molecular weight is 302 g/mol. The molecule has 3 rings (SSSR count). The Balaban J connectivity index is 2.12. The standard InChI is InChI=1S/C22H22O/c1-3-15-22(20(4-2)18-11-6-5-7-12-18)16-14-17-10-8-9-13-19(17)21(22)23/h3-13,20H,1-2,14-16H2/t20-,22+/m1/s1. The van der Waals surface area contributed by atoms with Crippen LogP contribution in [-0.4, -0.2) is 5.78 Å². The molecular formula is C22H22O. The maximum absolute atomic E-state index is 13.4. The number of hydrogen-bond acceptors (Lipinski definition) is 1. The molecule has 2 aromatic rings. The van der Waals surface area contributed by atoms with Gasteiger partial charge in [0.1, 0.15) is 0 Å². The molecule has 0 amide bonds. The molecule has 0 saturated carbocycles. The summed E-state index contributed by atoms with van der Waals surface area (Å²) >= 11 is 0. The average Bonchev–Trinajstić information content (AvgIpc) is 2.60. The van der Waals surface area contributed by atoms with Crippen molar-refractivity contribution in [2.75, 3.05) is 0 Å². The summed E-state index contributed by atoms with van der Waals surface area (Å²) in [5.41, 5.74) is 2.70. The van der Waals surface area contributed by atoms with Crippen LogP contribution in [0.2, 0.25) is 0 Å². The molecule has 1 aliphatic rings. The molecule has 2 aromatic carbocycles. The van der Waals surface area contributed by atoms with Crippen molar-refractivity contribution < 1.29 is 4.79 Å². The smallest absolute Gasteiger partial charge is 0.170 e. The lowest BCUT2D eigenvalue weighted by atomic mass is 9.60. The van der Waals surface area contributed by atoms with Crippen molar-refractivity contribution >= 4 is 5.78 Å². The molecule has 0 heterocycles. The van der Waals surface area contributed by atoms with Gasteiger partial charge in [0, 0.05) is 16.9 Å². The molecule has 116 valence electrons. The van der Waals surface area contributed by atoms with Crippen molar-refractivity contribution in [1.29, 1.82) is 0 Å². The predicted octanol–water partition coefficient (Wildman–Crippen LogP) is 5.35. The van der Waals surface area contributed by atoms with Gasteiger partial charge in [-0.3, -0.25) is 4.79 Å². The SMILES string of the molecule is C=CC[C@@]1([C@H](C=C)c2ccccc2)CCc2ccccc2C1=O. The summed E-state index contributed by atoms with van der Waals surface area (Å²) in [5.74, 6) is 0.232. The van der Waals surface area contributed by atoms with E-state index >= 15 is 0 Å². The highest BCUT2D eigenvalue weighted by atomic mass is 16.1. The minimum Gasteiger partial charge on any atom is -0.293 e. The summed E-state index contributed by atoms with van der Waals surface area (Å²) in [7, 11) is 0. The van der Waals surface area contributed by atoms with Crippen LogP contribution in [0.5, 0.6) is 0 Å². The van der Waals surface area contributed by atoms with E-state index in [9.17, 15) is 4.79 Å². The molecule has 0 bridgehead atoms. The van der Waals surface area contributed by atoms with Crippen LogP contribution in [0.25, 0.3) is 0 Å². The summed E-state index contributed by atoms with van der Waals surface area (Å²) in [6.07, 6.45) is 6.25. The molecule has 0 saturated heterocycles. The van der Waals surface area contributed by atoms with Gasteiger partial charge in [0.2, 0.25) is 0 Å². The summed E-state index contributed by atoms with van der Waals surface area (Å²) < 4.78 is 0. The van der Waals surface area contributed by atoms with Gasteiger partial charge >= 0.3 is 0 Å². The van der Waals surface area contributed by atoms with E-state index in [2.05, 4.69) is 31.4 Å². The number of ketones is 1. The molecule has 1 aliphatic carbocycles. The molecule has 0 unspecified atom stereocenters. The fraction of sp³-hybridized carbons (Fsp3) is 0.227. The maximum Gasteiger partial charge on any atom is 0.170 e. The van der Waals surface area contributed by atoms with Crippen LogP contribution in [0.4, 0.5) is 0 Å². The van der Waals surface area contributed by atoms with E-state index in [1.165, 1.54) is 0 Å². The van der Waals surface area contributed by atoms with Crippen LogP contribution in [0.15, 0.2) is 79.9 Å². The number of aryl methyl sites for hydroxylation is 1. The van der Waals surface area contributed by atoms with Gasteiger partial charge in [0.25, 0.3) is 0 Å². The quantitative estimate of drug-likeness (QED) is 0.681. The van der Waals surface area contributed by atoms with Gasteiger partial charge in [-0.15, -0.1) is 13.2 Å². The summed E-state index contributed by atoms with van der Waals surface area (Å²) in [6, 6.07) is 18.2. The number of rotatable bonds is 5. The predicted molar refractivity (Wildman–Crippen MR) is 95.7 cm³/mol. The van der Waals surface area contributed by atoms with Crippen molar-refractivity contribution in [2.45, 2.75) is 25.2 Å². The highest BCUT2D eigenvalue weighted by Crippen LogP contribution is 2.49. The summed E-state index contributed by atoms with van der Waals surface area (Å²) in [6.45, 7) is 7.96. The van der Waals surface area contributed by atoms with Gasteiger partial charge in [-0.1, -0.05) is 66.7 Å². The number of carbonyl (C=O) groups is 1. The van der Waals surface area contributed by atoms with E-state index in [1.54, 1.807) is 0 Å². The van der Waals surface area contributed by atoms with Gasteiger partial charge in [-0.25, -0.2) is 0 Å². The number of Topliss-reactive ketones (excluding diaryl/α,β-unsaturated/α-hetero) is 1. The number of benzene rings is 2. The maximum atomic E-state index is 13.4.